The molecule has 0 N–H and O–H groups in total. The summed E-state index contributed by atoms with van der Waals surface area (Å²) in [4.78, 5) is 8.74. The minimum atomic E-state index is 0.893. The Kier molecular flexibility index (Phi) is 1.97. The minimum Gasteiger partial charge on any atom is -0.241 e. The Bertz CT molecular complexity index is 435. The summed E-state index contributed by atoms with van der Waals surface area (Å²) in [6, 6.07) is 6.16. The normalized spacial score (nSPS) is 10.6. The Morgan fingerprint density at radius 3 is 2.92 bits per heavy atom. The fraction of sp³-hybridized carbons (Fsp3) is 0.273. The molecule has 1 heterocycles. The zero-order valence-corrected chi connectivity index (χ0v) is 7.91. The molecule has 0 spiro atoms. The summed E-state index contributed by atoms with van der Waals surface area (Å²) >= 11 is 0. The minimum absolute atomic E-state index is 0.893. The first-order chi connectivity index (χ1) is 6.31. The highest BCUT2D eigenvalue weighted by Crippen LogP contribution is 2.14. The fourth-order valence-corrected chi connectivity index (χ4v) is 1.41. The van der Waals surface area contributed by atoms with E-state index in [9.17, 15) is 0 Å². The Balaban J connectivity index is 2.74. The van der Waals surface area contributed by atoms with Crippen molar-refractivity contribution in [3.05, 3.63) is 35.8 Å². The van der Waals surface area contributed by atoms with Gasteiger partial charge < -0.3 is 0 Å². The number of rotatable bonds is 1. The van der Waals surface area contributed by atoms with Gasteiger partial charge in [-0.15, -0.1) is 0 Å². The van der Waals surface area contributed by atoms with Crippen LogP contribution in [0.3, 0.4) is 0 Å². The van der Waals surface area contributed by atoms with Crippen LogP contribution in [0.1, 0.15) is 18.3 Å². The summed E-state index contributed by atoms with van der Waals surface area (Å²) in [5, 5.41) is 1.12. The molecule has 0 aliphatic carbocycles. The topological polar surface area (TPSA) is 25.8 Å². The second-order valence-electron chi connectivity index (χ2n) is 3.15. The zero-order chi connectivity index (χ0) is 9.26. The van der Waals surface area contributed by atoms with Crippen LogP contribution in [0.25, 0.3) is 10.9 Å². The lowest BCUT2D eigenvalue weighted by molar-refractivity contribution is 0.959. The van der Waals surface area contributed by atoms with E-state index in [4.69, 9.17) is 0 Å². The van der Waals surface area contributed by atoms with Crippen molar-refractivity contribution in [1.29, 1.82) is 0 Å². The predicted molar refractivity (Wildman–Crippen MR) is 53.7 cm³/mol. The van der Waals surface area contributed by atoms with Crippen molar-refractivity contribution in [1.82, 2.24) is 9.97 Å². The number of nitrogens with zero attached hydrogens (tertiary/aromatic N) is 2. The van der Waals surface area contributed by atoms with E-state index in [2.05, 4.69) is 29.9 Å². The molecule has 0 atom stereocenters. The van der Waals surface area contributed by atoms with Crippen LogP contribution in [0, 0.1) is 6.92 Å². The number of para-hydroxylation sites is 1. The van der Waals surface area contributed by atoms with Gasteiger partial charge in [0, 0.05) is 18.0 Å². The van der Waals surface area contributed by atoms with E-state index < -0.39 is 0 Å². The molecule has 0 amide bonds. The van der Waals surface area contributed by atoms with E-state index in [1.165, 1.54) is 5.56 Å². The van der Waals surface area contributed by atoms with Gasteiger partial charge in [-0.05, 0) is 12.5 Å². The van der Waals surface area contributed by atoms with Crippen molar-refractivity contribution in [3.8, 4) is 0 Å². The molecule has 2 aromatic rings. The van der Waals surface area contributed by atoms with Crippen LogP contribution in [0.5, 0.6) is 0 Å². The summed E-state index contributed by atoms with van der Waals surface area (Å²) in [6.45, 7) is 4.15. The van der Waals surface area contributed by atoms with Gasteiger partial charge in [-0.25, -0.2) is 9.97 Å². The average molecular weight is 172 g/mol. The van der Waals surface area contributed by atoms with Crippen molar-refractivity contribution < 1.29 is 0 Å². The molecule has 1 aromatic carbocycles. The summed E-state index contributed by atoms with van der Waals surface area (Å²) < 4.78 is 0. The van der Waals surface area contributed by atoms with Crippen LogP contribution in [-0.4, -0.2) is 9.97 Å². The van der Waals surface area contributed by atoms with Gasteiger partial charge in [0.15, 0.2) is 0 Å². The lowest BCUT2D eigenvalue weighted by atomic mass is 10.1. The van der Waals surface area contributed by atoms with E-state index in [1.54, 1.807) is 0 Å². The van der Waals surface area contributed by atoms with Crippen molar-refractivity contribution in [3.63, 3.8) is 0 Å². The molecule has 2 rings (SSSR count). The first kappa shape index (κ1) is 8.17. The molecule has 0 aliphatic heterocycles. The van der Waals surface area contributed by atoms with Gasteiger partial charge in [0.2, 0.25) is 0 Å². The van der Waals surface area contributed by atoms with Crippen molar-refractivity contribution in [2.45, 2.75) is 20.3 Å². The average Bonchev–Trinajstić information content (AvgIpc) is 2.18. The van der Waals surface area contributed by atoms with Crippen LogP contribution in [0.4, 0.5) is 0 Å². The summed E-state index contributed by atoms with van der Waals surface area (Å²) in [6.07, 6.45) is 2.79. The third-order valence-electron chi connectivity index (χ3n) is 2.18. The molecule has 0 bridgehead atoms. The third-order valence-corrected chi connectivity index (χ3v) is 2.18. The molecule has 66 valence electrons. The standard InChI is InChI=1S/C11H12N2/c1-3-10-12-7-9-6-4-5-8(2)11(9)13-10/h4-7H,3H2,1-2H3. The van der Waals surface area contributed by atoms with Crippen LogP contribution in [0.15, 0.2) is 24.4 Å². The van der Waals surface area contributed by atoms with E-state index in [-0.39, 0.29) is 0 Å². The van der Waals surface area contributed by atoms with Crippen LogP contribution in [-0.2, 0) is 6.42 Å². The number of aryl methyl sites for hydroxylation is 2. The molecule has 1 aromatic heterocycles. The largest absolute Gasteiger partial charge is 0.241 e. The smallest absolute Gasteiger partial charge is 0.128 e. The molecule has 0 fully saturated rings. The summed E-state index contributed by atoms with van der Waals surface area (Å²) in [5.41, 5.74) is 2.30. The highest BCUT2D eigenvalue weighted by atomic mass is 14.9. The first-order valence-electron chi connectivity index (χ1n) is 4.52. The summed E-state index contributed by atoms with van der Waals surface area (Å²) in [7, 11) is 0. The molecule has 0 aliphatic rings. The highest BCUT2D eigenvalue weighted by Gasteiger charge is 1.99. The Morgan fingerprint density at radius 2 is 2.15 bits per heavy atom. The monoisotopic (exact) mass is 172 g/mol. The van der Waals surface area contributed by atoms with E-state index in [1.807, 2.05) is 18.3 Å². The maximum atomic E-state index is 4.48. The Labute approximate surface area is 77.6 Å². The SMILES string of the molecule is CCc1ncc2cccc(C)c2n1. The maximum absolute atomic E-state index is 4.48. The van der Waals surface area contributed by atoms with Gasteiger partial charge in [0.1, 0.15) is 5.82 Å². The number of fused-ring (bicyclic) bond motifs is 1. The van der Waals surface area contributed by atoms with Gasteiger partial charge in [0.05, 0.1) is 5.52 Å². The molecule has 0 radical (unpaired) electrons. The molecular formula is C11H12N2. The Morgan fingerprint density at radius 1 is 1.31 bits per heavy atom. The zero-order valence-electron chi connectivity index (χ0n) is 7.91. The van der Waals surface area contributed by atoms with Crippen molar-refractivity contribution in [2.24, 2.45) is 0 Å². The number of hydrogen-bond donors (Lipinski definition) is 0. The molecule has 0 unspecified atom stereocenters. The molecule has 2 nitrogen and oxygen atoms in total. The van der Waals surface area contributed by atoms with Gasteiger partial charge >= 0.3 is 0 Å². The summed E-state index contributed by atoms with van der Waals surface area (Å²) in [5.74, 6) is 0.918. The molecule has 0 saturated carbocycles. The first-order valence-corrected chi connectivity index (χ1v) is 4.52. The van der Waals surface area contributed by atoms with Crippen molar-refractivity contribution in [2.75, 3.05) is 0 Å². The lowest BCUT2D eigenvalue weighted by Crippen LogP contribution is -1.93. The van der Waals surface area contributed by atoms with E-state index in [0.29, 0.717) is 0 Å². The highest BCUT2D eigenvalue weighted by molar-refractivity contribution is 5.80. The third kappa shape index (κ3) is 1.39. The number of aromatic nitrogens is 2. The second kappa shape index (κ2) is 3.13. The Hall–Kier alpha value is -1.44. The fourth-order valence-electron chi connectivity index (χ4n) is 1.41. The van der Waals surface area contributed by atoms with Gasteiger partial charge in [-0.3, -0.25) is 0 Å². The molecular weight excluding hydrogens is 160 g/mol. The van der Waals surface area contributed by atoms with E-state index >= 15 is 0 Å². The van der Waals surface area contributed by atoms with Crippen LogP contribution in [0.2, 0.25) is 0 Å². The molecule has 13 heavy (non-hydrogen) atoms. The maximum Gasteiger partial charge on any atom is 0.128 e. The van der Waals surface area contributed by atoms with Crippen LogP contribution >= 0.6 is 0 Å². The number of benzene rings is 1. The quantitative estimate of drug-likeness (QED) is 0.660. The van der Waals surface area contributed by atoms with Gasteiger partial charge in [-0.1, -0.05) is 25.1 Å². The van der Waals surface area contributed by atoms with E-state index in [0.717, 1.165) is 23.1 Å². The van der Waals surface area contributed by atoms with Gasteiger partial charge in [-0.2, -0.15) is 0 Å². The number of hydrogen-bond acceptors (Lipinski definition) is 2. The van der Waals surface area contributed by atoms with Crippen LogP contribution < -0.4 is 0 Å². The predicted octanol–water partition coefficient (Wildman–Crippen LogP) is 2.50. The van der Waals surface area contributed by atoms with Gasteiger partial charge in [0.25, 0.3) is 0 Å². The van der Waals surface area contributed by atoms with Crippen molar-refractivity contribution >= 4 is 10.9 Å². The second-order valence-corrected chi connectivity index (χ2v) is 3.15. The lowest BCUT2D eigenvalue weighted by Gasteiger charge is -2.01. The molecule has 2 heteroatoms. The molecule has 0 saturated heterocycles.